The summed E-state index contributed by atoms with van der Waals surface area (Å²) in [5.74, 6) is 0.931. The first-order valence-corrected chi connectivity index (χ1v) is 6.58. The molecule has 1 atom stereocenters. The van der Waals surface area contributed by atoms with E-state index in [0.717, 1.165) is 6.42 Å². The average molecular weight is 301 g/mol. The maximum atomic E-state index is 11.9. The molecule has 0 aliphatic carbocycles. The predicted octanol–water partition coefficient (Wildman–Crippen LogP) is 2.27. The van der Waals surface area contributed by atoms with Crippen molar-refractivity contribution < 1.29 is 19.0 Å². The molecule has 0 saturated carbocycles. The van der Waals surface area contributed by atoms with Crippen molar-refractivity contribution in [2.75, 3.05) is 32.8 Å². The van der Waals surface area contributed by atoms with Crippen molar-refractivity contribution in [1.29, 1.82) is 0 Å². The Bertz CT molecular complexity index is 490. The second-order valence-electron chi connectivity index (χ2n) is 4.35. The lowest BCUT2D eigenvalue weighted by Gasteiger charge is -2.15. The van der Waals surface area contributed by atoms with E-state index < -0.39 is 0 Å². The SMILES string of the molecule is COc1cc(NC(=O)NC2CCOC2)c(OC)cc1Cl. The molecule has 1 fully saturated rings. The average Bonchev–Trinajstić information content (AvgIpc) is 2.92. The normalized spacial score (nSPS) is 17.6. The summed E-state index contributed by atoms with van der Waals surface area (Å²) < 4.78 is 15.5. The highest BCUT2D eigenvalue weighted by Gasteiger charge is 2.19. The van der Waals surface area contributed by atoms with Crippen molar-refractivity contribution in [1.82, 2.24) is 5.32 Å². The molecule has 2 N–H and O–H groups in total. The minimum Gasteiger partial charge on any atom is -0.495 e. The molecule has 0 radical (unpaired) electrons. The first-order valence-electron chi connectivity index (χ1n) is 6.21. The van der Waals surface area contributed by atoms with Gasteiger partial charge in [-0.1, -0.05) is 11.6 Å². The number of amides is 2. The molecular weight excluding hydrogens is 284 g/mol. The van der Waals surface area contributed by atoms with E-state index in [1.807, 2.05) is 0 Å². The molecule has 0 spiro atoms. The van der Waals surface area contributed by atoms with Gasteiger partial charge in [-0.15, -0.1) is 0 Å². The number of anilines is 1. The molecular formula is C13H17ClN2O4. The van der Waals surface area contributed by atoms with Crippen LogP contribution in [0.2, 0.25) is 5.02 Å². The molecule has 1 aromatic carbocycles. The molecule has 1 saturated heterocycles. The van der Waals surface area contributed by atoms with E-state index in [1.165, 1.54) is 14.2 Å². The molecule has 0 aromatic heterocycles. The van der Waals surface area contributed by atoms with Gasteiger partial charge in [-0.05, 0) is 6.42 Å². The van der Waals surface area contributed by atoms with Gasteiger partial charge in [0, 0.05) is 18.7 Å². The maximum Gasteiger partial charge on any atom is 0.319 e. The minimum atomic E-state index is -0.317. The van der Waals surface area contributed by atoms with E-state index in [-0.39, 0.29) is 12.1 Å². The summed E-state index contributed by atoms with van der Waals surface area (Å²) in [5.41, 5.74) is 0.491. The molecule has 2 rings (SSSR count). The molecule has 6 nitrogen and oxygen atoms in total. The number of nitrogens with one attached hydrogen (secondary N) is 2. The fraction of sp³-hybridized carbons (Fsp3) is 0.462. The van der Waals surface area contributed by atoms with Crippen LogP contribution in [-0.2, 0) is 4.74 Å². The molecule has 20 heavy (non-hydrogen) atoms. The summed E-state index contributed by atoms with van der Waals surface area (Å²) in [5, 5.41) is 5.96. The second kappa shape index (κ2) is 6.67. The molecule has 2 amide bonds. The number of hydrogen-bond acceptors (Lipinski definition) is 4. The largest absolute Gasteiger partial charge is 0.495 e. The fourth-order valence-electron chi connectivity index (χ4n) is 1.95. The van der Waals surface area contributed by atoms with Gasteiger partial charge in [0.15, 0.2) is 0 Å². The Morgan fingerprint density at radius 3 is 2.70 bits per heavy atom. The lowest BCUT2D eigenvalue weighted by molar-refractivity contribution is 0.189. The van der Waals surface area contributed by atoms with Crippen LogP contribution in [0.25, 0.3) is 0 Å². The zero-order valence-electron chi connectivity index (χ0n) is 11.4. The van der Waals surface area contributed by atoms with Crippen LogP contribution in [0.1, 0.15) is 6.42 Å². The van der Waals surface area contributed by atoms with Crippen LogP contribution in [0.4, 0.5) is 10.5 Å². The van der Waals surface area contributed by atoms with Crippen LogP contribution >= 0.6 is 11.6 Å². The van der Waals surface area contributed by atoms with Crippen molar-refractivity contribution in [3.63, 3.8) is 0 Å². The number of halogens is 1. The zero-order chi connectivity index (χ0) is 14.5. The van der Waals surface area contributed by atoms with Gasteiger partial charge < -0.3 is 24.8 Å². The Kier molecular flexibility index (Phi) is 4.92. The highest BCUT2D eigenvalue weighted by molar-refractivity contribution is 6.32. The van der Waals surface area contributed by atoms with Gasteiger partial charge in [0.25, 0.3) is 0 Å². The van der Waals surface area contributed by atoms with Crippen molar-refractivity contribution >= 4 is 23.3 Å². The molecule has 1 heterocycles. The molecule has 110 valence electrons. The standard InChI is InChI=1S/C13H17ClN2O4/c1-18-11-6-10(12(19-2)5-9(11)14)16-13(17)15-8-3-4-20-7-8/h5-6,8H,3-4,7H2,1-2H3,(H2,15,16,17). The van der Waals surface area contributed by atoms with E-state index >= 15 is 0 Å². The number of benzene rings is 1. The number of hydrogen-bond donors (Lipinski definition) is 2. The fourth-order valence-corrected chi connectivity index (χ4v) is 2.18. The van der Waals surface area contributed by atoms with E-state index in [9.17, 15) is 4.79 Å². The van der Waals surface area contributed by atoms with Crippen LogP contribution < -0.4 is 20.1 Å². The summed E-state index contributed by atoms with van der Waals surface area (Å²) >= 11 is 6.00. The first kappa shape index (κ1) is 14.7. The lowest BCUT2D eigenvalue weighted by atomic mass is 10.2. The van der Waals surface area contributed by atoms with Crippen molar-refractivity contribution in [2.45, 2.75) is 12.5 Å². The van der Waals surface area contributed by atoms with Crippen molar-refractivity contribution in [3.8, 4) is 11.5 Å². The summed E-state index contributed by atoms with van der Waals surface area (Å²) in [6, 6.07) is 2.93. The third-order valence-electron chi connectivity index (χ3n) is 2.99. The van der Waals surface area contributed by atoms with Crippen LogP contribution in [0.15, 0.2) is 12.1 Å². The quantitative estimate of drug-likeness (QED) is 0.895. The number of carbonyl (C=O) groups is 1. The third-order valence-corrected chi connectivity index (χ3v) is 3.28. The molecule has 7 heteroatoms. The van der Waals surface area contributed by atoms with Crippen LogP contribution in [0, 0.1) is 0 Å². The summed E-state index contributed by atoms with van der Waals surface area (Å²) in [6.45, 7) is 1.21. The Hall–Kier alpha value is -1.66. The minimum absolute atomic E-state index is 0.0372. The van der Waals surface area contributed by atoms with E-state index in [0.29, 0.717) is 35.4 Å². The van der Waals surface area contributed by atoms with Crippen molar-refractivity contribution in [2.24, 2.45) is 0 Å². The van der Waals surface area contributed by atoms with Crippen LogP contribution in [0.3, 0.4) is 0 Å². The van der Waals surface area contributed by atoms with Crippen LogP contribution in [0.5, 0.6) is 11.5 Å². The van der Waals surface area contributed by atoms with E-state index in [4.69, 9.17) is 25.8 Å². The number of carbonyl (C=O) groups excluding carboxylic acids is 1. The Morgan fingerprint density at radius 1 is 1.35 bits per heavy atom. The Labute approximate surface area is 122 Å². The lowest BCUT2D eigenvalue weighted by Crippen LogP contribution is -2.38. The molecule has 1 aromatic rings. The molecule has 0 bridgehead atoms. The van der Waals surface area contributed by atoms with Gasteiger partial charge in [0.2, 0.25) is 0 Å². The van der Waals surface area contributed by atoms with Gasteiger partial charge >= 0.3 is 6.03 Å². The van der Waals surface area contributed by atoms with Gasteiger partial charge in [-0.25, -0.2) is 4.79 Å². The first-order chi connectivity index (χ1) is 9.63. The second-order valence-corrected chi connectivity index (χ2v) is 4.75. The van der Waals surface area contributed by atoms with E-state index in [1.54, 1.807) is 12.1 Å². The Morgan fingerprint density at radius 2 is 2.10 bits per heavy atom. The topological polar surface area (TPSA) is 68.8 Å². The van der Waals surface area contributed by atoms with Gasteiger partial charge in [-0.2, -0.15) is 0 Å². The highest BCUT2D eigenvalue weighted by Crippen LogP contribution is 2.35. The van der Waals surface area contributed by atoms with E-state index in [2.05, 4.69) is 10.6 Å². The summed E-state index contributed by atoms with van der Waals surface area (Å²) in [6.07, 6.45) is 0.814. The number of methoxy groups -OCH3 is 2. The number of rotatable bonds is 4. The Balaban J connectivity index is 2.08. The monoisotopic (exact) mass is 300 g/mol. The van der Waals surface area contributed by atoms with Gasteiger partial charge in [-0.3, -0.25) is 0 Å². The van der Waals surface area contributed by atoms with Crippen LogP contribution in [-0.4, -0.2) is 39.5 Å². The third kappa shape index (κ3) is 3.46. The molecule has 1 unspecified atom stereocenters. The van der Waals surface area contributed by atoms with Gasteiger partial charge in [0.05, 0.1) is 37.6 Å². The number of urea groups is 1. The molecule has 1 aliphatic heterocycles. The van der Waals surface area contributed by atoms with Gasteiger partial charge in [0.1, 0.15) is 11.5 Å². The van der Waals surface area contributed by atoms with Crippen molar-refractivity contribution in [3.05, 3.63) is 17.2 Å². The summed E-state index contributed by atoms with van der Waals surface area (Å²) in [7, 11) is 3.01. The predicted molar refractivity (Wildman–Crippen MR) is 75.9 cm³/mol. The maximum absolute atomic E-state index is 11.9. The number of ether oxygens (including phenoxy) is 3. The smallest absolute Gasteiger partial charge is 0.319 e. The molecule has 1 aliphatic rings. The highest BCUT2D eigenvalue weighted by atomic mass is 35.5. The zero-order valence-corrected chi connectivity index (χ0v) is 12.1. The summed E-state index contributed by atoms with van der Waals surface area (Å²) in [4.78, 5) is 11.9.